The van der Waals surface area contributed by atoms with Gasteiger partial charge in [-0.3, -0.25) is 0 Å². The summed E-state index contributed by atoms with van der Waals surface area (Å²) < 4.78 is 0.938. The molecule has 0 aromatic carbocycles. The van der Waals surface area contributed by atoms with Crippen LogP contribution in [0.25, 0.3) is 0 Å². The summed E-state index contributed by atoms with van der Waals surface area (Å²) in [5, 5.41) is 3.55. The van der Waals surface area contributed by atoms with Crippen LogP contribution in [0, 0.1) is 6.92 Å². The monoisotopic (exact) mass is 259 g/mol. The van der Waals surface area contributed by atoms with E-state index >= 15 is 0 Å². The summed E-state index contributed by atoms with van der Waals surface area (Å²) in [5.74, 6) is 0. The molecule has 92 valence electrons. The molecule has 1 rings (SSSR count). The minimum absolute atomic E-state index is 0.493. The molecule has 0 fully saturated rings. The second kappa shape index (κ2) is 7.31. The second-order valence-corrected chi connectivity index (χ2v) is 5.90. The van der Waals surface area contributed by atoms with E-state index in [2.05, 4.69) is 32.2 Å². The number of halogens is 1. The van der Waals surface area contributed by atoms with E-state index in [0.29, 0.717) is 6.04 Å². The van der Waals surface area contributed by atoms with E-state index < -0.39 is 0 Å². The molecule has 0 saturated heterocycles. The van der Waals surface area contributed by atoms with Gasteiger partial charge in [0.15, 0.2) is 0 Å². The van der Waals surface area contributed by atoms with Gasteiger partial charge in [-0.15, -0.1) is 11.3 Å². The first kappa shape index (κ1) is 14.0. The van der Waals surface area contributed by atoms with E-state index in [-0.39, 0.29) is 0 Å². The maximum Gasteiger partial charge on any atom is 0.0960 e. The van der Waals surface area contributed by atoms with Gasteiger partial charge in [0.05, 0.1) is 4.34 Å². The topological polar surface area (TPSA) is 12.0 Å². The third-order valence-electron chi connectivity index (χ3n) is 2.77. The number of rotatable bonds is 7. The molecule has 1 aromatic rings. The van der Waals surface area contributed by atoms with Crippen molar-refractivity contribution in [2.45, 2.75) is 52.5 Å². The van der Waals surface area contributed by atoms with Crippen LogP contribution in [0.15, 0.2) is 6.07 Å². The van der Waals surface area contributed by atoms with E-state index in [9.17, 15) is 0 Å². The fraction of sp³-hybridized carbons (Fsp3) is 0.692. The van der Waals surface area contributed by atoms with Crippen molar-refractivity contribution in [1.29, 1.82) is 0 Å². The molecule has 1 atom stereocenters. The lowest BCUT2D eigenvalue weighted by molar-refractivity contribution is 0.493. The number of unbranched alkanes of at least 4 members (excludes halogenated alkanes) is 2. The van der Waals surface area contributed by atoms with Gasteiger partial charge in [-0.05, 0) is 31.5 Å². The van der Waals surface area contributed by atoms with Gasteiger partial charge < -0.3 is 5.32 Å². The standard InChI is InChI=1S/C13H22ClNS/c1-4-6-7-8-11(15-5-2)12-9-10(3)13(14)16-12/h9,11,15H,4-8H2,1-3H3. The van der Waals surface area contributed by atoms with Gasteiger partial charge in [-0.25, -0.2) is 0 Å². The van der Waals surface area contributed by atoms with Gasteiger partial charge in [0, 0.05) is 10.9 Å². The summed E-state index contributed by atoms with van der Waals surface area (Å²) >= 11 is 7.85. The molecular formula is C13H22ClNS. The Labute approximate surface area is 108 Å². The van der Waals surface area contributed by atoms with E-state index in [0.717, 1.165) is 10.9 Å². The summed E-state index contributed by atoms with van der Waals surface area (Å²) in [7, 11) is 0. The maximum atomic E-state index is 6.13. The average molecular weight is 260 g/mol. The minimum Gasteiger partial charge on any atom is -0.310 e. The van der Waals surface area contributed by atoms with Crippen LogP contribution in [0.5, 0.6) is 0 Å². The highest BCUT2D eigenvalue weighted by molar-refractivity contribution is 7.16. The Bertz CT molecular complexity index is 289. The first-order valence-corrected chi connectivity index (χ1v) is 7.37. The van der Waals surface area contributed by atoms with Crippen LogP contribution in [0.1, 0.15) is 56.0 Å². The van der Waals surface area contributed by atoms with Crippen LogP contribution in [0.3, 0.4) is 0 Å². The normalized spacial score (nSPS) is 13.0. The van der Waals surface area contributed by atoms with Gasteiger partial charge in [0.1, 0.15) is 0 Å². The summed E-state index contributed by atoms with van der Waals surface area (Å²) in [6.07, 6.45) is 5.11. The third kappa shape index (κ3) is 4.08. The van der Waals surface area contributed by atoms with E-state index in [4.69, 9.17) is 11.6 Å². The van der Waals surface area contributed by atoms with Gasteiger partial charge in [-0.1, -0.05) is 44.7 Å². The summed E-state index contributed by atoms with van der Waals surface area (Å²) in [6, 6.07) is 2.72. The van der Waals surface area contributed by atoms with Crippen LogP contribution in [0.2, 0.25) is 4.34 Å². The first-order chi connectivity index (χ1) is 7.69. The molecule has 0 radical (unpaired) electrons. The van der Waals surface area contributed by atoms with E-state index in [1.165, 1.54) is 36.1 Å². The quantitative estimate of drug-likeness (QED) is 0.684. The molecule has 3 heteroatoms. The van der Waals surface area contributed by atoms with Crippen molar-refractivity contribution in [2.24, 2.45) is 0 Å². The van der Waals surface area contributed by atoms with Crippen molar-refractivity contribution < 1.29 is 0 Å². The highest BCUT2D eigenvalue weighted by atomic mass is 35.5. The van der Waals surface area contributed by atoms with Crippen molar-refractivity contribution >= 4 is 22.9 Å². The molecule has 0 bridgehead atoms. The molecule has 0 aliphatic carbocycles. The zero-order valence-corrected chi connectivity index (χ0v) is 12.0. The third-order valence-corrected chi connectivity index (χ3v) is 4.44. The Balaban J connectivity index is 2.61. The number of hydrogen-bond acceptors (Lipinski definition) is 2. The predicted octanol–water partition coefficient (Wildman–Crippen LogP) is 4.94. The van der Waals surface area contributed by atoms with Crippen LogP contribution in [0.4, 0.5) is 0 Å². The fourth-order valence-corrected chi connectivity index (χ4v) is 3.17. The fourth-order valence-electron chi connectivity index (χ4n) is 1.85. The van der Waals surface area contributed by atoms with Crippen molar-refractivity contribution in [1.82, 2.24) is 5.32 Å². The number of hydrogen-bond donors (Lipinski definition) is 1. The van der Waals surface area contributed by atoms with E-state index in [1.807, 2.05) is 0 Å². The van der Waals surface area contributed by atoms with Crippen molar-refractivity contribution in [3.05, 3.63) is 20.8 Å². The van der Waals surface area contributed by atoms with Crippen molar-refractivity contribution in [3.8, 4) is 0 Å². The van der Waals surface area contributed by atoms with Crippen LogP contribution in [-0.4, -0.2) is 6.54 Å². The van der Waals surface area contributed by atoms with Crippen LogP contribution >= 0.6 is 22.9 Å². The number of aryl methyl sites for hydroxylation is 1. The molecule has 1 nitrogen and oxygen atoms in total. The molecule has 16 heavy (non-hydrogen) atoms. The lowest BCUT2D eigenvalue weighted by Gasteiger charge is -2.15. The predicted molar refractivity (Wildman–Crippen MR) is 74.6 cm³/mol. The molecule has 1 aromatic heterocycles. The molecule has 1 unspecified atom stereocenters. The van der Waals surface area contributed by atoms with Crippen molar-refractivity contribution in [3.63, 3.8) is 0 Å². The minimum atomic E-state index is 0.493. The van der Waals surface area contributed by atoms with Crippen molar-refractivity contribution in [2.75, 3.05) is 6.54 Å². The summed E-state index contributed by atoms with van der Waals surface area (Å²) in [4.78, 5) is 1.39. The Kier molecular flexibility index (Phi) is 6.40. The first-order valence-electron chi connectivity index (χ1n) is 6.18. The smallest absolute Gasteiger partial charge is 0.0960 e. The maximum absolute atomic E-state index is 6.13. The molecule has 0 aliphatic rings. The van der Waals surface area contributed by atoms with Crippen LogP contribution < -0.4 is 5.32 Å². The lowest BCUT2D eigenvalue weighted by Crippen LogP contribution is -2.19. The molecule has 1 N–H and O–H groups in total. The molecular weight excluding hydrogens is 238 g/mol. The van der Waals surface area contributed by atoms with Gasteiger partial charge in [0.2, 0.25) is 0 Å². The zero-order chi connectivity index (χ0) is 12.0. The second-order valence-electron chi connectivity index (χ2n) is 4.21. The number of thiophene rings is 1. The Morgan fingerprint density at radius 1 is 1.38 bits per heavy atom. The highest BCUT2D eigenvalue weighted by Gasteiger charge is 2.13. The molecule has 1 heterocycles. The molecule has 0 spiro atoms. The Morgan fingerprint density at radius 3 is 2.62 bits per heavy atom. The summed E-state index contributed by atoms with van der Waals surface area (Å²) in [5.41, 5.74) is 1.21. The number of nitrogens with one attached hydrogen (secondary N) is 1. The Hall–Kier alpha value is -0.0500. The molecule has 0 aliphatic heterocycles. The lowest BCUT2D eigenvalue weighted by atomic mass is 10.1. The highest BCUT2D eigenvalue weighted by Crippen LogP contribution is 2.33. The Morgan fingerprint density at radius 2 is 2.12 bits per heavy atom. The van der Waals surface area contributed by atoms with E-state index in [1.54, 1.807) is 11.3 Å². The SMILES string of the molecule is CCCCCC(NCC)c1cc(C)c(Cl)s1. The van der Waals surface area contributed by atoms with Gasteiger partial charge >= 0.3 is 0 Å². The average Bonchev–Trinajstić information content (AvgIpc) is 2.58. The van der Waals surface area contributed by atoms with Gasteiger partial charge in [-0.2, -0.15) is 0 Å². The summed E-state index contributed by atoms with van der Waals surface area (Å²) in [6.45, 7) is 7.51. The zero-order valence-electron chi connectivity index (χ0n) is 10.5. The molecule has 0 amide bonds. The molecule has 0 saturated carbocycles. The van der Waals surface area contributed by atoms with Gasteiger partial charge in [0.25, 0.3) is 0 Å². The van der Waals surface area contributed by atoms with Crippen LogP contribution in [-0.2, 0) is 0 Å². The largest absolute Gasteiger partial charge is 0.310 e.